The first-order chi connectivity index (χ1) is 8.82. The standard InChI is InChI=1S/C14H14BrFN2O/c1-14(2,3)18-7-9(8-19)13(17-18)11-5-4-10(16)6-12(11)15/h4-8H,1-3H3. The lowest BCUT2D eigenvalue weighted by Gasteiger charge is -2.18. The first kappa shape index (κ1) is 13.9. The summed E-state index contributed by atoms with van der Waals surface area (Å²) in [7, 11) is 0. The molecule has 0 saturated heterocycles. The number of carbonyl (C=O) groups excluding carboxylic acids is 1. The van der Waals surface area contributed by atoms with E-state index < -0.39 is 0 Å². The van der Waals surface area contributed by atoms with Crippen LogP contribution < -0.4 is 0 Å². The van der Waals surface area contributed by atoms with E-state index in [1.54, 1.807) is 16.9 Å². The summed E-state index contributed by atoms with van der Waals surface area (Å²) in [4.78, 5) is 11.2. The van der Waals surface area contributed by atoms with Crippen LogP contribution in [0.5, 0.6) is 0 Å². The van der Waals surface area contributed by atoms with Crippen molar-refractivity contribution >= 4 is 22.2 Å². The first-order valence-electron chi connectivity index (χ1n) is 5.83. The molecular formula is C14H14BrFN2O. The lowest BCUT2D eigenvalue weighted by molar-refractivity contribution is 0.112. The number of hydrogen-bond donors (Lipinski definition) is 0. The summed E-state index contributed by atoms with van der Waals surface area (Å²) >= 11 is 3.30. The molecule has 100 valence electrons. The molecule has 0 saturated carbocycles. The van der Waals surface area contributed by atoms with Crippen LogP contribution in [0, 0.1) is 5.82 Å². The van der Waals surface area contributed by atoms with Gasteiger partial charge >= 0.3 is 0 Å². The molecule has 0 radical (unpaired) electrons. The predicted molar refractivity (Wildman–Crippen MR) is 75.7 cm³/mol. The number of hydrogen-bond acceptors (Lipinski definition) is 2. The van der Waals surface area contributed by atoms with Crippen molar-refractivity contribution in [1.29, 1.82) is 0 Å². The van der Waals surface area contributed by atoms with Gasteiger partial charge in [-0.2, -0.15) is 5.10 Å². The maximum Gasteiger partial charge on any atom is 0.153 e. The number of halogens is 2. The Bertz CT molecular complexity index is 629. The summed E-state index contributed by atoms with van der Waals surface area (Å²) < 4.78 is 15.4. The van der Waals surface area contributed by atoms with Crippen molar-refractivity contribution in [3.8, 4) is 11.3 Å². The third-order valence-electron chi connectivity index (χ3n) is 2.74. The van der Waals surface area contributed by atoms with E-state index >= 15 is 0 Å². The fourth-order valence-corrected chi connectivity index (χ4v) is 2.25. The second-order valence-corrected chi connectivity index (χ2v) is 6.14. The Labute approximate surface area is 119 Å². The molecule has 2 rings (SSSR count). The lowest BCUT2D eigenvalue weighted by Crippen LogP contribution is -2.22. The second kappa shape index (κ2) is 4.89. The zero-order chi connectivity index (χ0) is 14.2. The molecule has 0 atom stereocenters. The molecule has 0 bridgehead atoms. The van der Waals surface area contributed by atoms with Crippen molar-refractivity contribution < 1.29 is 9.18 Å². The highest BCUT2D eigenvalue weighted by Crippen LogP contribution is 2.30. The number of benzene rings is 1. The molecule has 19 heavy (non-hydrogen) atoms. The summed E-state index contributed by atoms with van der Waals surface area (Å²) in [6, 6.07) is 4.33. The molecule has 3 nitrogen and oxygen atoms in total. The van der Waals surface area contributed by atoms with E-state index in [4.69, 9.17) is 0 Å². The summed E-state index contributed by atoms with van der Waals surface area (Å²) in [5.74, 6) is -0.335. The number of aldehydes is 1. The summed E-state index contributed by atoms with van der Waals surface area (Å²) in [6.45, 7) is 5.99. The topological polar surface area (TPSA) is 34.9 Å². The molecule has 2 aromatic rings. The molecule has 5 heteroatoms. The average Bonchev–Trinajstić information content (AvgIpc) is 2.72. The van der Waals surface area contributed by atoms with Gasteiger partial charge in [0.1, 0.15) is 11.5 Å². The van der Waals surface area contributed by atoms with E-state index in [2.05, 4.69) is 21.0 Å². The average molecular weight is 325 g/mol. The third kappa shape index (κ3) is 2.76. The zero-order valence-corrected chi connectivity index (χ0v) is 12.5. The van der Waals surface area contributed by atoms with Crippen LogP contribution in [0.4, 0.5) is 4.39 Å². The van der Waals surface area contributed by atoms with Gasteiger partial charge in [-0.05, 0) is 54.9 Å². The van der Waals surface area contributed by atoms with E-state index in [0.717, 1.165) is 6.29 Å². The third-order valence-corrected chi connectivity index (χ3v) is 3.40. The van der Waals surface area contributed by atoms with Crippen LogP contribution in [0.2, 0.25) is 0 Å². The predicted octanol–water partition coefficient (Wildman–Crippen LogP) is 4.02. The van der Waals surface area contributed by atoms with E-state index in [1.807, 2.05) is 20.8 Å². The Balaban J connectivity index is 2.61. The zero-order valence-electron chi connectivity index (χ0n) is 10.9. The van der Waals surface area contributed by atoms with Gasteiger partial charge in [0, 0.05) is 16.2 Å². The minimum Gasteiger partial charge on any atom is -0.298 e. The van der Waals surface area contributed by atoms with Crippen molar-refractivity contribution in [2.75, 3.05) is 0 Å². The minimum absolute atomic E-state index is 0.220. The van der Waals surface area contributed by atoms with Crippen LogP contribution in [-0.2, 0) is 5.54 Å². The summed E-state index contributed by atoms with van der Waals surface area (Å²) in [5.41, 5.74) is 1.52. The van der Waals surface area contributed by atoms with Crippen molar-refractivity contribution in [2.24, 2.45) is 0 Å². The van der Waals surface area contributed by atoms with Gasteiger partial charge in [0.15, 0.2) is 6.29 Å². The molecule has 0 unspecified atom stereocenters. The SMILES string of the molecule is CC(C)(C)n1cc(C=O)c(-c2ccc(F)cc2Br)n1. The normalized spacial score (nSPS) is 11.6. The first-order valence-corrected chi connectivity index (χ1v) is 6.63. The highest BCUT2D eigenvalue weighted by Gasteiger charge is 2.20. The highest BCUT2D eigenvalue weighted by atomic mass is 79.9. The van der Waals surface area contributed by atoms with Gasteiger partial charge in [-0.25, -0.2) is 4.39 Å². The van der Waals surface area contributed by atoms with Crippen LogP contribution in [0.1, 0.15) is 31.1 Å². The molecule has 0 spiro atoms. The Hall–Kier alpha value is -1.49. The van der Waals surface area contributed by atoms with E-state index in [-0.39, 0.29) is 11.4 Å². The Morgan fingerprint density at radius 3 is 2.58 bits per heavy atom. The van der Waals surface area contributed by atoms with Crippen molar-refractivity contribution in [3.05, 3.63) is 40.2 Å². The van der Waals surface area contributed by atoms with Crippen LogP contribution >= 0.6 is 15.9 Å². The van der Waals surface area contributed by atoms with Crippen molar-refractivity contribution in [3.63, 3.8) is 0 Å². The molecule has 0 fully saturated rings. The maximum atomic E-state index is 13.1. The van der Waals surface area contributed by atoms with Gasteiger partial charge in [0.05, 0.1) is 11.1 Å². The van der Waals surface area contributed by atoms with Crippen LogP contribution in [0.15, 0.2) is 28.9 Å². The lowest BCUT2D eigenvalue weighted by atomic mass is 10.1. The van der Waals surface area contributed by atoms with E-state index in [1.165, 1.54) is 12.1 Å². The van der Waals surface area contributed by atoms with Gasteiger partial charge in [-0.3, -0.25) is 9.48 Å². The molecule has 1 heterocycles. The van der Waals surface area contributed by atoms with Gasteiger partial charge in [0.2, 0.25) is 0 Å². The number of aromatic nitrogens is 2. The largest absolute Gasteiger partial charge is 0.298 e. The minimum atomic E-state index is -0.335. The highest BCUT2D eigenvalue weighted by molar-refractivity contribution is 9.10. The molecule has 0 N–H and O–H groups in total. The molecule has 0 aliphatic rings. The monoisotopic (exact) mass is 324 g/mol. The van der Waals surface area contributed by atoms with Crippen LogP contribution in [0.3, 0.4) is 0 Å². The molecule has 1 aromatic carbocycles. The van der Waals surface area contributed by atoms with Crippen LogP contribution in [0.25, 0.3) is 11.3 Å². The molecule has 0 aliphatic carbocycles. The number of nitrogens with zero attached hydrogens (tertiary/aromatic N) is 2. The molecule has 0 aliphatic heterocycles. The van der Waals surface area contributed by atoms with Gasteiger partial charge < -0.3 is 0 Å². The Kier molecular flexibility index (Phi) is 3.58. The number of rotatable bonds is 2. The van der Waals surface area contributed by atoms with E-state index in [0.29, 0.717) is 21.3 Å². The van der Waals surface area contributed by atoms with E-state index in [9.17, 15) is 9.18 Å². The smallest absolute Gasteiger partial charge is 0.153 e. The van der Waals surface area contributed by atoms with Gasteiger partial charge in [-0.15, -0.1) is 0 Å². The fraction of sp³-hybridized carbons (Fsp3) is 0.286. The van der Waals surface area contributed by atoms with Crippen molar-refractivity contribution in [2.45, 2.75) is 26.3 Å². The Morgan fingerprint density at radius 1 is 1.37 bits per heavy atom. The summed E-state index contributed by atoms with van der Waals surface area (Å²) in [6.07, 6.45) is 2.47. The fourth-order valence-electron chi connectivity index (χ4n) is 1.71. The summed E-state index contributed by atoms with van der Waals surface area (Å²) in [5, 5.41) is 4.45. The molecule has 0 amide bonds. The van der Waals surface area contributed by atoms with Gasteiger partial charge in [-0.1, -0.05) is 0 Å². The van der Waals surface area contributed by atoms with Crippen molar-refractivity contribution in [1.82, 2.24) is 9.78 Å². The molecular weight excluding hydrogens is 311 g/mol. The quantitative estimate of drug-likeness (QED) is 0.782. The number of carbonyl (C=O) groups is 1. The van der Waals surface area contributed by atoms with Crippen LogP contribution in [-0.4, -0.2) is 16.1 Å². The van der Waals surface area contributed by atoms with Gasteiger partial charge in [0.25, 0.3) is 0 Å². The molecule has 1 aromatic heterocycles. The maximum absolute atomic E-state index is 13.1. The second-order valence-electron chi connectivity index (χ2n) is 5.29. The Morgan fingerprint density at radius 2 is 2.05 bits per heavy atom.